The highest BCUT2D eigenvalue weighted by Gasteiger charge is 1.89. The smallest absolute Gasteiger partial charge is 0.180 e. The van der Waals surface area contributed by atoms with Crippen LogP contribution in [-0.2, 0) is 0 Å². The molecule has 0 spiro atoms. The zero-order valence-corrected chi connectivity index (χ0v) is 7.34. The van der Waals surface area contributed by atoms with Gasteiger partial charge in [0.2, 0.25) is 0 Å². The number of hydrogen-bond donors (Lipinski definition) is 0. The van der Waals surface area contributed by atoms with E-state index in [-0.39, 0.29) is 0 Å². The molecule has 0 unspecified atom stereocenters. The number of oxazole rings is 1. The highest BCUT2D eigenvalue weighted by atomic mass is 16.3. The molecule has 3 heteroatoms. The zero-order chi connectivity index (χ0) is 9.36. The molecule has 1 aromatic heterocycles. The lowest BCUT2D eigenvalue weighted by atomic mass is 10.4. The minimum absolute atomic E-state index is 0.958. The molecule has 1 aliphatic rings. The zero-order valence-electron chi connectivity index (χ0n) is 7.34. The average molecular weight is 176 g/mol. The summed E-state index contributed by atoms with van der Waals surface area (Å²) in [4.78, 5) is 5.57. The Labute approximate surface area is 77.7 Å². The molecular weight excluding hydrogens is 164 g/mol. The van der Waals surface area contributed by atoms with Crippen LogP contribution < -0.4 is 0 Å². The molecule has 68 valence electrons. The van der Waals surface area contributed by atoms with Gasteiger partial charge in [-0.05, 0) is 12.3 Å². The predicted molar refractivity (Wildman–Crippen MR) is 51.7 cm³/mol. The van der Waals surface area contributed by atoms with Crippen molar-refractivity contribution in [3.63, 3.8) is 0 Å². The Kier molecular flexibility index (Phi) is 4.18. The van der Waals surface area contributed by atoms with Gasteiger partial charge in [0.05, 0.1) is 6.20 Å². The second-order valence-electron chi connectivity index (χ2n) is 2.32. The number of nitrogens with zero attached hydrogens (tertiary/aromatic N) is 2. The van der Waals surface area contributed by atoms with E-state index in [4.69, 9.17) is 0 Å². The molecule has 0 radical (unpaired) electrons. The predicted octanol–water partition coefficient (Wildman–Crippen LogP) is 2.19. The Balaban J connectivity index is 0.000000145. The van der Waals surface area contributed by atoms with Gasteiger partial charge in [0, 0.05) is 12.7 Å². The van der Waals surface area contributed by atoms with Gasteiger partial charge in [-0.2, -0.15) is 0 Å². The van der Waals surface area contributed by atoms with Crippen molar-refractivity contribution in [2.45, 2.75) is 0 Å². The molecule has 0 atom stereocenters. The Morgan fingerprint density at radius 1 is 1.46 bits per heavy atom. The first-order chi connectivity index (χ1) is 6.43. The molecule has 0 amide bonds. The van der Waals surface area contributed by atoms with Crippen molar-refractivity contribution in [3.05, 3.63) is 56.1 Å². The van der Waals surface area contributed by atoms with Gasteiger partial charge in [-0.1, -0.05) is 18.7 Å². The van der Waals surface area contributed by atoms with Gasteiger partial charge in [0.15, 0.2) is 6.39 Å². The molecule has 0 aromatic carbocycles. The van der Waals surface area contributed by atoms with Crippen LogP contribution >= 0.6 is 0 Å². The van der Waals surface area contributed by atoms with Crippen LogP contribution in [0.4, 0.5) is 0 Å². The van der Waals surface area contributed by atoms with Gasteiger partial charge >= 0.3 is 0 Å². The first-order valence-corrected chi connectivity index (χ1v) is 3.97. The van der Waals surface area contributed by atoms with E-state index in [0.717, 1.165) is 6.54 Å². The van der Waals surface area contributed by atoms with Crippen molar-refractivity contribution < 1.29 is 4.42 Å². The third kappa shape index (κ3) is 3.96. The molecule has 1 aliphatic heterocycles. The Bertz CT molecular complexity index is 258. The fraction of sp³-hybridized carbons (Fsp3) is 0.100. The summed E-state index contributed by atoms with van der Waals surface area (Å²) < 4.78 is 4.47. The van der Waals surface area contributed by atoms with Crippen molar-refractivity contribution >= 4 is 0 Å². The van der Waals surface area contributed by atoms with Gasteiger partial charge in [-0.3, -0.25) is 0 Å². The third-order valence-corrected chi connectivity index (χ3v) is 1.42. The minimum Gasteiger partial charge on any atom is -0.452 e. The summed E-state index contributed by atoms with van der Waals surface area (Å²) in [6.07, 6.45) is 14.4. The summed E-state index contributed by atoms with van der Waals surface area (Å²) in [5.41, 5.74) is 0. The maximum atomic E-state index is 4.47. The lowest BCUT2D eigenvalue weighted by Gasteiger charge is -2.13. The van der Waals surface area contributed by atoms with Gasteiger partial charge in [0.25, 0.3) is 0 Å². The number of allylic oxidation sites excluding steroid dienone is 2. The molecule has 0 bridgehead atoms. The van der Waals surface area contributed by atoms with E-state index >= 15 is 0 Å². The van der Waals surface area contributed by atoms with Crippen LogP contribution in [0.3, 0.4) is 0 Å². The van der Waals surface area contributed by atoms with Crippen LogP contribution in [0.25, 0.3) is 0 Å². The van der Waals surface area contributed by atoms with E-state index in [1.807, 2.05) is 23.3 Å². The average Bonchev–Trinajstić information content (AvgIpc) is 2.77. The summed E-state index contributed by atoms with van der Waals surface area (Å²) in [5.74, 6) is 0. The van der Waals surface area contributed by atoms with Crippen LogP contribution in [0.5, 0.6) is 0 Å². The molecule has 3 nitrogen and oxygen atoms in total. The standard InChI is InChI=1S/C7H9N.C3H3NO/c1-2-8-6-4-3-5-7-8;1-2-5-3-4-1/h2-6H,1,7H2;1-3H. The van der Waals surface area contributed by atoms with Crippen LogP contribution in [-0.4, -0.2) is 16.4 Å². The quantitative estimate of drug-likeness (QED) is 0.656. The molecular formula is C10H12N2O. The highest BCUT2D eigenvalue weighted by Crippen LogP contribution is 1.96. The normalized spacial score (nSPS) is 13.4. The molecule has 2 heterocycles. The lowest BCUT2D eigenvalue weighted by molar-refractivity contribution is 0.558. The summed E-state index contributed by atoms with van der Waals surface area (Å²) in [7, 11) is 0. The molecule has 0 aliphatic carbocycles. The third-order valence-electron chi connectivity index (χ3n) is 1.42. The summed E-state index contributed by atoms with van der Waals surface area (Å²) in [5, 5.41) is 0. The molecule has 2 rings (SSSR count). The van der Waals surface area contributed by atoms with Gasteiger partial charge in [0.1, 0.15) is 6.26 Å². The van der Waals surface area contributed by atoms with Crippen LogP contribution in [0, 0.1) is 0 Å². The van der Waals surface area contributed by atoms with E-state index in [2.05, 4.69) is 22.1 Å². The van der Waals surface area contributed by atoms with E-state index in [1.54, 1.807) is 12.4 Å². The van der Waals surface area contributed by atoms with Crippen molar-refractivity contribution in [1.82, 2.24) is 9.88 Å². The largest absolute Gasteiger partial charge is 0.452 e. The van der Waals surface area contributed by atoms with Crippen molar-refractivity contribution in [2.75, 3.05) is 6.54 Å². The Morgan fingerprint density at radius 3 is 2.69 bits per heavy atom. The van der Waals surface area contributed by atoms with Gasteiger partial charge in [-0.15, -0.1) is 0 Å². The molecule has 0 fully saturated rings. The topological polar surface area (TPSA) is 29.3 Å². The second-order valence-corrected chi connectivity index (χ2v) is 2.32. The fourth-order valence-corrected chi connectivity index (χ4v) is 0.793. The summed E-state index contributed by atoms with van der Waals surface area (Å²) in [6, 6.07) is 0. The van der Waals surface area contributed by atoms with Crippen LogP contribution in [0.15, 0.2) is 60.5 Å². The number of aromatic nitrogens is 1. The van der Waals surface area contributed by atoms with E-state index < -0.39 is 0 Å². The highest BCUT2D eigenvalue weighted by molar-refractivity contribution is 5.10. The maximum Gasteiger partial charge on any atom is 0.180 e. The van der Waals surface area contributed by atoms with Gasteiger partial charge in [-0.25, -0.2) is 4.98 Å². The molecule has 13 heavy (non-hydrogen) atoms. The Hall–Kier alpha value is -1.77. The fourth-order valence-electron chi connectivity index (χ4n) is 0.793. The number of hydrogen-bond acceptors (Lipinski definition) is 3. The van der Waals surface area contributed by atoms with Crippen molar-refractivity contribution in [3.8, 4) is 0 Å². The molecule has 0 saturated heterocycles. The van der Waals surface area contributed by atoms with Crippen molar-refractivity contribution in [2.24, 2.45) is 0 Å². The SMILES string of the molecule is C=CN1C=CC=CC1.c1cocn1. The minimum atomic E-state index is 0.958. The molecule has 1 aromatic rings. The van der Waals surface area contributed by atoms with Gasteiger partial charge < -0.3 is 9.32 Å². The first-order valence-electron chi connectivity index (χ1n) is 3.97. The molecule has 0 N–H and O–H groups in total. The number of rotatable bonds is 1. The summed E-state index contributed by atoms with van der Waals surface area (Å²) in [6.45, 7) is 4.58. The second kappa shape index (κ2) is 5.83. The van der Waals surface area contributed by atoms with Crippen molar-refractivity contribution in [1.29, 1.82) is 0 Å². The van der Waals surface area contributed by atoms with Crippen LogP contribution in [0.1, 0.15) is 0 Å². The van der Waals surface area contributed by atoms with E-state index in [1.165, 1.54) is 12.7 Å². The monoisotopic (exact) mass is 176 g/mol. The Morgan fingerprint density at radius 2 is 2.38 bits per heavy atom. The molecule has 0 saturated carbocycles. The maximum absolute atomic E-state index is 4.47. The summed E-state index contributed by atoms with van der Waals surface area (Å²) >= 11 is 0. The first kappa shape index (κ1) is 9.32. The lowest BCUT2D eigenvalue weighted by Crippen LogP contribution is -2.09. The van der Waals surface area contributed by atoms with E-state index in [0.29, 0.717) is 0 Å². The van der Waals surface area contributed by atoms with Crippen LogP contribution in [0.2, 0.25) is 0 Å². The van der Waals surface area contributed by atoms with E-state index in [9.17, 15) is 0 Å².